The average Bonchev–Trinajstić information content (AvgIpc) is 3.47. The summed E-state index contributed by atoms with van der Waals surface area (Å²) < 4.78 is 6.39. The van der Waals surface area contributed by atoms with E-state index in [-0.39, 0.29) is 12.4 Å². The number of nitrogens with zero attached hydrogens (tertiary/aromatic N) is 1. The van der Waals surface area contributed by atoms with Crippen LogP contribution < -0.4 is 4.90 Å². The van der Waals surface area contributed by atoms with E-state index in [2.05, 4.69) is 45.1 Å². The number of benzene rings is 2. The van der Waals surface area contributed by atoms with Crippen LogP contribution in [0.1, 0.15) is 56.5 Å². The molecular formula is C27H24BrNO3. The first-order valence-electron chi connectivity index (χ1n) is 11.3. The predicted molar refractivity (Wildman–Crippen MR) is 127 cm³/mol. The van der Waals surface area contributed by atoms with Crippen LogP contribution in [0.2, 0.25) is 0 Å². The van der Waals surface area contributed by atoms with Gasteiger partial charge in [0.1, 0.15) is 0 Å². The fourth-order valence-electron chi connectivity index (χ4n) is 5.93. The fraction of sp³-hybridized carbons (Fsp3) is 0.333. The molecule has 6 rings (SSSR count). The number of carbonyl (C=O) groups excluding carboxylic acids is 2. The quantitative estimate of drug-likeness (QED) is 0.316. The molecule has 2 aromatic rings. The summed E-state index contributed by atoms with van der Waals surface area (Å²) in [5, 5.41) is 0. The number of anilines is 1. The molecule has 2 aliphatic carbocycles. The smallest absolute Gasteiger partial charge is 0.338 e. The van der Waals surface area contributed by atoms with Crippen LogP contribution in [0.4, 0.5) is 5.69 Å². The Morgan fingerprint density at radius 2 is 1.50 bits per heavy atom. The number of ether oxygens (including phenoxy) is 1. The van der Waals surface area contributed by atoms with Gasteiger partial charge in [0.25, 0.3) is 0 Å². The van der Waals surface area contributed by atoms with Gasteiger partial charge < -0.3 is 9.64 Å². The van der Waals surface area contributed by atoms with Crippen LogP contribution in [0.15, 0.2) is 65.2 Å². The number of rotatable bonds is 4. The second-order valence-electron chi connectivity index (χ2n) is 9.31. The molecule has 0 N–H and O–H groups in total. The Morgan fingerprint density at radius 1 is 0.906 bits per heavy atom. The largest absolute Gasteiger partial charge is 0.454 e. The molecule has 0 fully saturated rings. The van der Waals surface area contributed by atoms with Crippen LogP contribution >= 0.6 is 15.9 Å². The molecule has 4 nitrogen and oxygen atoms in total. The van der Waals surface area contributed by atoms with Crippen molar-refractivity contribution in [2.24, 2.45) is 11.8 Å². The van der Waals surface area contributed by atoms with Gasteiger partial charge in [0.05, 0.1) is 5.56 Å². The van der Waals surface area contributed by atoms with Gasteiger partial charge >= 0.3 is 5.97 Å². The Hall–Kier alpha value is -2.66. The summed E-state index contributed by atoms with van der Waals surface area (Å²) in [6.45, 7) is 1.93. The van der Waals surface area contributed by atoms with Gasteiger partial charge in [0, 0.05) is 40.6 Å². The number of Topliss-reactive ketones (excluding diaryl/α,β-unsaturated/α-hetero) is 1. The summed E-state index contributed by atoms with van der Waals surface area (Å²) >= 11 is 3.37. The zero-order valence-corrected chi connectivity index (χ0v) is 19.3. The van der Waals surface area contributed by atoms with Gasteiger partial charge in [-0.05, 0) is 60.1 Å². The molecule has 0 bridgehead atoms. The molecule has 162 valence electrons. The summed E-state index contributed by atoms with van der Waals surface area (Å²) in [4.78, 5) is 28.1. The number of esters is 1. The zero-order chi connectivity index (χ0) is 21.8. The second kappa shape index (κ2) is 7.73. The fourth-order valence-corrected chi connectivity index (χ4v) is 6.19. The lowest BCUT2D eigenvalue weighted by Gasteiger charge is -2.46. The number of hydrogen-bond donors (Lipinski definition) is 0. The highest BCUT2D eigenvalue weighted by Crippen LogP contribution is 2.53. The summed E-state index contributed by atoms with van der Waals surface area (Å²) in [5.74, 6) is 1.25. The van der Waals surface area contributed by atoms with Gasteiger partial charge in [0.2, 0.25) is 0 Å². The monoisotopic (exact) mass is 489 g/mol. The molecule has 2 heterocycles. The van der Waals surface area contributed by atoms with E-state index in [0.717, 1.165) is 30.4 Å². The highest BCUT2D eigenvalue weighted by atomic mass is 79.9. The van der Waals surface area contributed by atoms with E-state index in [1.54, 1.807) is 12.1 Å². The maximum atomic E-state index is 13.0. The van der Waals surface area contributed by atoms with Crippen LogP contribution in [0, 0.1) is 11.8 Å². The van der Waals surface area contributed by atoms with E-state index >= 15 is 0 Å². The minimum Gasteiger partial charge on any atom is -0.454 e. The molecule has 0 aromatic heterocycles. The number of fused-ring (bicyclic) bond motifs is 4. The molecule has 32 heavy (non-hydrogen) atoms. The summed E-state index contributed by atoms with van der Waals surface area (Å²) in [7, 11) is 0. The maximum absolute atomic E-state index is 13.0. The third-order valence-corrected chi connectivity index (χ3v) is 7.96. The first-order chi connectivity index (χ1) is 15.6. The molecule has 4 atom stereocenters. The van der Waals surface area contributed by atoms with Crippen LogP contribution in [-0.2, 0) is 4.74 Å². The van der Waals surface area contributed by atoms with E-state index in [1.807, 2.05) is 24.3 Å². The van der Waals surface area contributed by atoms with Crippen molar-refractivity contribution in [2.75, 3.05) is 24.6 Å². The topological polar surface area (TPSA) is 46.6 Å². The predicted octanol–water partition coefficient (Wildman–Crippen LogP) is 5.64. The molecule has 0 unspecified atom stereocenters. The Labute approximate surface area is 196 Å². The number of ketones is 1. The van der Waals surface area contributed by atoms with Gasteiger partial charge in [-0.3, -0.25) is 4.79 Å². The van der Waals surface area contributed by atoms with Crippen molar-refractivity contribution >= 4 is 33.4 Å². The van der Waals surface area contributed by atoms with Crippen LogP contribution in [-0.4, -0.2) is 31.4 Å². The molecule has 0 saturated heterocycles. The van der Waals surface area contributed by atoms with Crippen molar-refractivity contribution in [1.29, 1.82) is 0 Å². The Bertz CT molecular complexity index is 1110. The third-order valence-electron chi connectivity index (χ3n) is 7.43. The normalized spacial score (nSPS) is 26.5. The van der Waals surface area contributed by atoms with Crippen molar-refractivity contribution in [3.8, 4) is 0 Å². The number of carbonyl (C=O) groups is 2. The maximum Gasteiger partial charge on any atom is 0.338 e. The van der Waals surface area contributed by atoms with Gasteiger partial charge in [0.15, 0.2) is 12.4 Å². The molecule has 2 aromatic carbocycles. The molecule has 0 saturated carbocycles. The van der Waals surface area contributed by atoms with Crippen molar-refractivity contribution in [2.45, 2.75) is 24.7 Å². The minimum absolute atomic E-state index is 0.200. The molecule has 0 spiro atoms. The van der Waals surface area contributed by atoms with E-state index in [9.17, 15) is 9.59 Å². The van der Waals surface area contributed by atoms with Crippen molar-refractivity contribution < 1.29 is 14.3 Å². The molecule has 5 heteroatoms. The highest BCUT2D eigenvalue weighted by Gasteiger charge is 2.42. The Balaban J connectivity index is 1.31. The molecule has 4 aliphatic rings. The van der Waals surface area contributed by atoms with Crippen LogP contribution in [0.25, 0.3) is 0 Å². The van der Waals surface area contributed by atoms with E-state index < -0.39 is 5.97 Å². The number of allylic oxidation sites excluding steroid dienone is 4. The van der Waals surface area contributed by atoms with Crippen molar-refractivity contribution in [3.05, 3.63) is 87.4 Å². The first-order valence-corrected chi connectivity index (χ1v) is 12.1. The summed E-state index contributed by atoms with van der Waals surface area (Å²) in [6.07, 6.45) is 11.4. The minimum atomic E-state index is -0.422. The van der Waals surface area contributed by atoms with E-state index in [1.165, 1.54) is 16.8 Å². The lowest BCUT2D eigenvalue weighted by atomic mass is 9.74. The standard InChI is InChI=1S/C27H24BrNO3/c28-20-9-7-16(8-10-20)25(30)15-32-27(31)19-11-23-21-5-1-3-17(21)13-29-14-18-4-2-6-22(18)24(12-19)26(23)29/h1-2,5-12,17-18,21-22H,3-4,13-15H2/t17-,18-,21-,22+/m0/s1. The number of hydrogen-bond acceptors (Lipinski definition) is 4. The Morgan fingerprint density at radius 3 is 2.09 bits per heavy atom. The van der Waals surface area contributed by atoms with Crippen LogP contribution in [0.3, 0.4) is 0 Å². The lowest BCUT2D eigenvalue weighted by molar-refractivity contribution is 0.0474. The second-order valence-corrected chi connectivity index (χ2v) is 10.2. The lowest BCUT2D eigenvalue weighted by Crippen LogP contribution is -2.43. The van der Waals surface area contributed by atoms with Gasteiger partial charge in [-0.1, -0.05) is 52.4 Å². The van der Waals surface area contributed by atoms with E-state index in [0.29, 0.717) is 34.8 Å². The van der Waals surface area contributed by atoms with Gasteiger partial charge in [-0.15, -0.1) is 0 Å². The first kappa shape index (κ1) is 20.0. The van der Waals surface area contributed by atoms with Crippen LogP contribution in [0.5, 0.6) is 0 Å². The van der Waals surface area contributed by atoms with Gasteiger partial charge in [-0.25, -0.2) is 4.79 Å². The van der Waals surface area contributed by atoms with Crippen molar-refractivity contribution in [3.63, 3.8) is 0 Å². The highest BCUT2D eigenvalue weighted by molar-refractivity contribution is 9.10. The summed E-state index contributed by atoms with van der Waals surface area (Å²) in [6, 6.07) is 11.1. The zero-order valence-electron chi connectivity index (χ0n) is 17.7. The number of halogens is 1. The molecule has 2 aliphatic heterocycles. The third kappa shape index (κ3) is 3.25. The molecular weight excluding hydrogens is 466 g/mol. The SMILES string of the molecule is O=C(COC(=O)c1cc2c3c(c1)[C@@H]1C=CC[C@H]1CN3C[C@@H]1CC=C[C@H]21)c1ccc(Br)cc1. The van der Waals surface area contributed by atoms with E-state index in [4.69, 9.17) is 4.74 Å². The van der Waals surface area contributed by atoms with Gasteiger partial charge in [-0.2, -0.15) is 0 Å². The molecule has 0 radical (unpaired) electrons. The average molecular weight is 490 g/mol. The Kier molecular flexibility index (Phi) is 4.83. The molecule has 0 amide bonds. The van der Waals surface area contributed by atoms with Crippen molar-refractivity contribution in [1.82, 2.24) is 0 Å². The summed E-state index contributed by atoms with van der Waals surface area (Å²) in [5.41, 5.74) is 4.92.